The molecule has 98 valence electrons. The average molecular weight is 248 g/mol. The maximum absolute atomic E-state index is 9.75. The number of hydrogen-bond donors (Lipinski definition) is 1. The van der Waals surface area contributed by atoms with Gasteiger partial charge in [-0.3, -0.25) is 0 Å². The van der Waals surface area contributed by atoms with E-state index in [1.165, 1.54) is 18.4 Å². The summed E-state index contributed by atoms with van der Waals surface area (Å²) in [6.07, 6.45) is 5.27. The van der Waals surface area contributed by atoms with Gasteiger partial charge in [-0.05, 0) is 55.4 Å². The summed E-state index contributed by atoms with van der Waals surface area (Å²) in [6.45, 7) is 1.51. The highest BCUT2D eigenvalue weighted by Gasteiger charge is 2.20. The number of fused-ring (bicyclic) bond motifs is 1. The molecule has 1 saturated heterocycles. The summed E-state index contributed by atoms with van der Waals surface area (Å²) in [5.74, 6) is 0.900. The summed E-state index contributed by atoms with van der Waals surface area (Å²) in [7, 11) is 0. The lowest BCUT2D eigenvalue weighted by Gasteiger charge is -2.22. The molecule has 18 heavy (non-hydrogen) atoms. The number of aliphatic hydroxyl groups is 1. The summed E-state index contributed by atoms with van der Waals surface area (Å²) in [4.78, 5) is 0. The average Bonchev–Trinajstić information content (AvgIpc) is 2.79. The van der Waals surface area contributed by atoms with Crippen molar-refractivity contribution in [2.75, 3.05) is 13.2 Å². The third-order valence-electron chi connectivity index (χ3n) is 3.87. The summed E-state index contributed by atoms with van der Waals surface area (Å²) < 4.78 is 11.4. The Morgan fingerprint density at radius 2 is 2.22 bits per heavy atom. The molecule has 1 aliphatic heterocycles. The zero-order chi connectivity index (χ0) is 12.4. The van der Waals surface area contributed by atoms with E-state index < -0.39 is 0 Å². The van der Waals surface area contributed by atoms with Crippen molar-refractivity contribution in [1.82, 2.24) is 0 Å². The highest BCUT2D eigenvalue weighted by molar-refractivity contribution is 5.39. The lowest BCUT2D eigenvalue weighted by Crippen LogP contribution is -2.25. The van der Waals surface area contributed by atoms with Gasteiger partial charge in [0.15, 0.2) is 0 Å². The molecule has 1 aliphatic carbocycles. The van der Waals surface area contributed by atoms with E-state index in [9.17, 15) is 5.11 Å². The molecule has 0 radical (unpaired) electrons. The van der Waals surface area contributed by atoms with Crippen molar-refractivity contribution in [2.24, 2.45) is 0 Å². The second kappa shape index (κ2) is 5.29. The highest BCUT2D eigenvalue weighted by Crippen LogP contribution is 2.33. The fraction of sp³-hybridized carbons (Fsp3) is 0.600. The van der Waals surface area contributed by atoms with Crippen molar-refractivity contribution in [1.29, 1.82) is 0 Å². The van der Waals surface area contributed by atoms with Gasteiger partial charge in [0.05, 0.1) is 12.2 Å². The van der Waals surface area contributed by atoms with Crippen LogP contribution in [0.1, 0.15) is 42.9 Å². The number of aryl methyl sites for hydroxylation is 1. The topological polar surface area (TPSA) is 38.7 Å². The smallest absolute Gasteiger partial charge is 0.119 e. The van der Waals surface area contributed by atoms with Crippen molar-refractivity contribution in [2.45, 2.75) is 44.3 Å². The van der Waals surface area contributed by atoms with Gasteiger partial charge in [-0.15, -0.1) is 0 Å². The van der Waals surface area contributed by atoms with Gasteiger partial charge in [0.25, 0.3) is 0 Å². The van der Waals surface area contributed by atoms with Crippen LogP contribution in [-0.4, -0.2) is 24.4 Å². The van der Waals surface area contributed by atoms with Gasteiger partial charge < -0.3 is 14.6 Å². The Balaban J connectivity index is 1.60. The molecule has 2 aliphatic rings. The van der Waals surface area contributed by atoms with E-state index in [4.69, 9.17) is 9.47 Å². The first kappa shape index (κ1) is 12.0. The largest absolute Gasteiger partial charge is 0.491 e. The Morgan fingerprint density at radius 1 is 1.28 bits per heavy atom. The number of ether oxygens (including phenoxy) is 2. The zero-order valence-corrected chi connectivity index (χ0v) is 10.6. The molecule has 0 amide bonds. The van der Waals surface area contributed by atoms with E-state index in [2.05, 4.69) is 6.07 Å². The normalized spacial score (nSPS) is 26.9. The molecule has 1 N–H and O–H groups in total. The second-order valence-corrected chi connectivity index (χ2v) is 5.21. The molecule has 3 nitrogen and oxygen atoms in total. The maximum atomic E-state index is 9.75. The van der Waals surface area contributed by atoms with Crippen LogP contribution >= 0.6 is 0 Å². The quantitative estimate of drug-likeness (QED) is 0.893. The number of aliphatic hydroxyl groups excluding tert-OH is 1. The van der Waals surface area contributed by atoms with Crippen LogP contribution < -0.4 is 4.74 Å². The molecule has 2 atom stereocenters. The molecule has 1 aromatic rings. The zero-order valence-electron chi connectivity index (χ0n) is 10.6. The molecule has 1 unspecified atom stereocenters. The van der Waals surface area contributed by atoms with E-state index in [1.807, 2.05) is 12.1 Å². The Kier molecular flexibility index (Phi) is 3.52. The second-order valence-electron chi connectivity index (χ2n) is 5.21. The number of hydrogen-bond acceptors (Lipinski definition) is 3. The van der Waals surface area contributed by atoms with Crippen LogP contribution in [0, 0.1) is 0 Å². The summed E-state index contributed by atoms with van der Waals surface area (Å²) in [5, 5.41) is 9.75. The molecule has 0 aromatic heterocycles. The van der Waals surface area contributed by atoms with E-state index in [1.54, 1.807) is 0 Å². The van der Waals surface area contributed by atoms with Crippen LogP contribution in [0.3, 0.4) is 0 Å². The van der Waals surface area contributed by atoms with Gasteiger partial charge in [-0.25, -0.2) is 0 Å². The molecule has 3 heteroatoms. The SMILES string of the molecule is O[C@H]1CCc2cc(OCC3CCCCO3)ccc21. The van der Waals surface area contributed by atoms with E-state index in [0.29, 0.717) is 6.61 Å². The standard InChI is InChI=1S/C15H20O3/c16-15-7-4-11-9-12(5-6-14(11)15)18-10-13-3-1-2-8-17-13/h5-6,9,13,15-16H,1-4,7-8,10H2/t13?,15-/m0/s1. The predicted octanol–water partition coefficient (Wildman–Crippen LogP) is 2.61. The lowest BCUT2D eigenvalue weighted by molar-refractivity contribution is -0.0110. The van der Waals surface area contributed by atoms with Crippen LogP contribution in [-0.2, 0) is 11.2 Å². The third kappa shape index (κ3) is 2.52. The van der Waals surface area contributed by atoms with E-state index in [0.717, 1.165) is 37.2 Å². The van der Waals surface area contributed by atoms with Crippen LogP contribution in [0.4, 0.5) is 0 Å². The van der Waals surface area contributed by atoms with Crippen molar-refractivity contribution in [3.8, 4) is 5.75 Å². The van der Waals surface area contributed by atoms with Gasteiger partial charge in [0.2, 0.25) is 0 Å². The monoisotopic (exact) mass is 248 g/mol. The first-order valence-electron chi connectivity index (χ1n) is 6.88. The number of benzene rings is 1. The highest BCUT2D eigenvalue weighted by atomic mass is 16.5. The Bertz CT molecular complexity index is 410. The van der Waals surface area contributed by atoms with Crippen LogP contribution in [0.25, 0.3) is 0 Å². The van der Waals surface area contributed by atoms with Crippen molar-refractivity contribution in [3.05, 3.63) is 29.3 Å². The fourth-order valence-electron chi connectivity index (χ4n) is 2.79. The van der Waals surface area contributed by atoms with Crippen LogP contribution in [0.5, 0.6) is 5.75 Å². The molecular weight excluding hydrogens is 228 g/mol. The van der Waals surface area contributed by atoms with E-state index in [-0.39, 0.29) is 12.2 Å². The summed E-state index contributed by atoms with van der Waals surface area (Å²) >= 11 is 0. The molecule has 0 spiro atoms. The minimum absolute atomic E-state index is 0.248. The molecule has 1 heterocycles. The molecule has 0 bridgehead atoms. The lowest BCUT2D eigenvalue weighted by atomic mass is 10.1. The Morgan fingerprint density at radius 3 is 3.06 bits per heavy atom. The third-order valence-corrected chi connectivity index (χ3v) is 3.87. The first-order valence-corrected chi connectivity index (χ1v) is 6.88. The van der Waals surface area contributed by atoms with Gasteiger partial charge in [0, 0.05) is 6.61 Å². The van der Waals surface area contributed by atoms with Gasteiger partial charge in [-0.1, -0.05) is 6.07 Å². The minimum Gasteiger partial charge on any atom is -0.491 e. The first-order chi connectivity index (χ1) is 8.83. The summed E-state index contributed by atoms with van der Waals surface area (Å²) in [6, 6.07) is 6.01. The molecule has 0 saturated carbocycles. The van der Waals surface area contributed by atoms with Gasteiger partial charge in [-0.2, -0.15) is 0 Å². The van der Waals surface area contributed by atoms with Gasteiger partial charge >= 0.3 is 0 Å². The predicted molar refractivity (Wildman–Crippen MR) is 68.8 cm³/mol. The molecule has 3 rings (SSSR count). The Labute approximate surface area is 108 Å². The molecule has 1 aromatic carbocycles. The van der Waals surface area contributed by atoms with Gasteiger partial charge in [0.1, 0.15) is 12.4 Å². The fourth-order valence-corrected chi connectivity index (χ4v) is 2.79. The summed E-state index contributed by atoms with van der Waals surface area (Å²) in [5.41, 5.74) is 2.29. The van der Waals surface area contributed by atoms with Crippen molar-refractivity contribution in [3.63, 3.8) is 0 Å². The van der Waals surface area contributed by atoms with Crippen LogP contribution in [0.15, 0.2) is 18.2 Å². The van der Waals surface area contributed by atoms with Crippen molar-refractivity contribution >= 4 is 0 Å². The maximum Gasteiger partial charge on any atom is 0.119 e. The molecular formula is C15H20O3. The minimum atomic E-state index is -0.282. The number of rotatable bonds is 3. The Hall–Kier alpha value is -1.06. The molecule has 1 fully saturated rings. The van der Waals surface area contributed by atoms with E-state index >= 15 is 0 Å². The van der Waals surface area contributed by atoms with Crippen LogP contribution in [0.2, 0.25) is 0 Å². The van der Waals surface area contributed by atoms with Crippen molar-refractivity contribution < 1.29 is 14.6 Å².